The summed E-state index contributed by atoms with van der Waals surface area (Å²) in [5.41, 5.74) is 0.796. The maximum atomic E-state index is 12.8. The van der Waals surface area contributed by atoms with E-state index in [1.807, 2.05) is 6.92 Å². The lowest BCUT2D eigenvalue weighted by Gasteiger charge is -2.35. The molecule has 94 valence electrons. The first-order valence-corrected chi connectivity index (χ1v) is 6.36. The van der Waals surface area contributed by atoms with Gasteiger partial charge in [-0.25, -0.2) is 4.39 Å². The lowest BCUT2D eigenvalue weighted by Crippen LogP contribution is -2.40. The summed E-state index contributed by atoms with van der Waals surface area (Å²) in [5.74, 6) is -0.258. The molecule has 1 N–H and O–H groups in total. The zero-order valence-electron chi connectivity index (χ0n) is 10.3. The van der Waals surface area contributed by atoms with E-state index < -0.39 is 6.10 Å². The molecule has 0 spiro atoms. The molecule has 1 aromatic carbocycles. The van der Waals surface area contributed by atoms with Crippen molar-refractivity contribution in [1.29, 1.82) is 0 Å². The number of nitrogens with zero attached hydrogens (tertiary/aromatic N) is 1. The topological polar surface area (TPSA) is 23.5 Å². The van der Waals surface area contributed by atoms with Crippen molar-refractivity contribution >= 4 is 0 Å². The Kier molecular flexibility index (Phi) is 4.13. The summed E-state index contributed by atoms with van der Waals surface area (Å²) < 4.78 is 12.8. The quantitative estimate of drug-likeness (QED) is 0.873. The summed E-state index contributed by atoms with van der Waals surface area (Å²) >= 11 is 0. The molecular weight excluding hydrogens is 217 g/mol. The highest BCUT2D eigenvalue weighted by molar-refractivity contribution is 5.19. The average molecular weight is 237 g/mol. The van der Waals surface area contributed by atoms with Gasteiger partial charge in [0.2, 0.25) is 0 Å². The van der Waals surface area contributed by atoms with Gasteiger partial charge in [0, 0.05) is 6.04 Å². The second-order valence-electron chi connectivity index (χ2n) is 4.83. The molecule has 3 heteroatoms. The molecule has 2 rings (SSSR count). The van der Waals surface area contributed by atoms with Crippen LogP contribution in [0.3, 0.4) is 0 Å². The van der Waals surface area contributed by atoms with Gasteiger partial charge in [0.05, 0.1) is 6.10 Å². The van der Waals surface area contributed by atoms with Gasteiger partial charge in [0.1, 0.15) is 5.82 Å². The minimum absolute atomic E-state index is 0.0979. The highest BCUT2D eigenvalue weighted by Crippen LogP contribution is 2.23. The Morgan fingerprint density at radius 3 is 2.29 bits per heavy atom. The molecule has 0 aliphatic carbocycles. The second kappa shape index (κ2) is 5.61. The number of hydrogen-bond acceptors (Lipinski definition) is 2. The normalized spacial score (nSPS) is 21.1. The molecule has 0 aromatic heterocycles. The number of likely N-dealkylation sites (tertiary alicyclic amines) is 1. The van der Waals surface area contributed by atoms with Crippen LogP contribution in [0.4, 0.5) is 4.39 Å². The second-order valence-corrected chi connectivity index (χ2v) is 4.83. The molecule has 1 aliphatic heterocycles. The van der Waals surface area contributed by atoms with E-state index in [0.717, 1.165) is 18.7 Å². The summed E-state index contributed by atoms with van der Waals surface area (Å²) in [6, 6.07) is 6.24. The van der Waals surface area contributed by atoms with Crippen LogP contribution >= 0.6 is 0 Å². The van der Waals surface area contributed by atoms with Crippen LogP contribution in [0.2, 0.25) is 0 Å². The number of piperidine rings is 1. The van der Waals surface area contributed by atoms with Gasteiger partial charge in [-0.15, -0.1) is 0 Å². The summed E-state index contributed by atoms with van der Waals surface area (Å²) in [4.78, 5) is 2.32. The molecule has 1 heterocycles. The summed E-state index contributed by atoms with van der Waals surface area (Å²) in [7, 11) is 0. The fourth-order valence-corrected chi connectivity index (χ4v) is 2.46. The van der Waals surface area contributed by atoms with Gasteiger partial charge in [-0.05, 0) is 50.6 Å². The zero-order chi connectivity index (χ0) is 12.3. The van der Waals surface area contributed by atoms with Crippen molar-refractivity contribution in [3.05, 3.63) is 35.6 Å². The molecule has 0 unspecified atom stereocenters. The standard InChI is InChI=1S/C14H20FNO/c1-11(16-9-3-2-4-10-16)14(17)12-5-7-13(15)8-6-12/h5-8,11,14,17H,2-4,9-10H2,1H3/t11-,14-/m1/s1. The fraction of sp³-hybridized carbons (Fsp3) is 0.571. The molecule has 17 heavy (non-hydrogen) atoms. The SMILES string of the molecule is C[C@H]([C@@H](O)c1ccc(F)cc1)N1CCCCC1. The smallest absolute Gasteiger partial charge is 0.123 e. The Morgan fingerprint density at radius 2 is 1.71 bits per heavy atom. The van der Waals surface area contributed by atoms with Crippen molar-refractivity contribution in [3.63, 3.8) is 0 Å². The van der Waals surface area contributed by atoms with Crippen LogP contribution in [-0.2, 0) is 0 Å². The van der Waals surface area contributed by atoms with Crippen LogP contribution in [0, 0.1) is 5.82 Å². The summed E-state index contributed by atoms with van der Waals surface area (Å²) in [6.45, 7) is 4.15. The van der Waals surface area contributed by atoms with Crippen LogP contribution in [-0.4, -0.2) is 29.1 Å². The molecular formula is C14H20FNO. The summed E-state index contributed by atoms with van der Waals surface area (Å²) in [6.07, 6.45) is 3.17. The van der Waals surface area contributed by atoms with Crippen molar-refractivity contribution in [2.45, 2.75) is 38.3 Å². The monoisotopic (exact) mass is 237 g/mol. The predicted molar refractivity (Wildman–Crippen MR) is 66.2 cm³/mol. The first-order chi connectivity index (χ1) is 8.18. The first kappa shape index (κ1) is 12.5. The summed E-state index contributed by atoms with van der Waals surface area (Å²) in [5, 5.41) is 10.3. The minimum Gasteiger partial charge on any atom is -0.387 e. The van der Waals surface area contributed by atoms with Crippen LogP contribution in [0.5, 0.6) is 0 Å². The molecule has 0 saturated carbocycles. The van der Waals surface area contributed by atoms with Crippen molar-refractivity contribution in [3.8, 4) is 0 Å². The van der Waals surface area contributed by atoms with Crippen molar-refractivity contribution in [2.75, 3.05) is 13.1 Å². The van der Waals surface area contributed by atoms with Gasteiger partial charge >= 0.3 is 0 Å². The van der Waals surface area contributed by atoms with E-state index in [0.29, 0.717) is 0 Å². The van der Waals surface area contributed by atoms with Crippen molar-refractivity contribution < 1.29 is 9.50 Å². The lowest BCUT2D eigenvalue weighted by atomic mass is 10.00. The number of halogens is 1. The maximum Gasteiger partial charge on any atom is 0.123 e. The molecule has 1 fully saturated rings. The predicted octanol–water partition coefficient (Wildman–Crippen LogP) is 2.73. The third-order valence-corrected chi connectivity index (χ3v) is 3.64. The number of hydrogen-bond donors (Lipinski definition) is 1. The third-order valence-electron chi connectivity index (χ3n) is 3.64. The molecule has 0 radical (unpaired) electrons. The highest BCUT2D eigenvalue weighted by atomic mass is 19.1. The third kappa shape index (κ3) is 3.05. The van der Waals surface area contributed by atoms with Gasteiger partial charge < -0.3 is 5.11 Å². The van der Waals surface area contributed by atoms with E-state index >= 15 is 0 Å². The van der Waals surface area contributed by atoms with Gasteiger partial charge in [0.25, 0.3) is 0 Å². The van der Waals surface area contributed by atoms with Crippen LogP contribution < -0.4 is 0 Å². The molecule has 2 nitrogen and oxygen atoms in total. The van der Waals surface area contributed by atoms with E-state index in [2.05, 4.69) is 4.90 Å². The molecule has 1 aliphatic rings. The minimum atomic E-state index is -0.534. The van der Waals surface area contributed by atoms with E-state index in [1.54, 1.807) is 12.1 Å². The Labute approximate surface area is 102 Å². The van der Waals surface area contributed by atoms with Gasteiger partial charge in [0.15, 0.2) is 0 Å². The van der Waals surface area contributed by atoms with Gasteiger partial charge in [-0.2, -0.15) is 0 Å². The molecule has 1 aromatic rings. The first-order valence-electron chi connectivity index (χ1n) is 6.36. The van der Waals surface area contributed by atoms with Gasteiger partial charge in [-0.3, -0.25) is 4.90 Å². The maximum absolute atomic E-state index is 12.8. The molecule has 0 bridgehead atoms. The van der Waals surface area contributed by atoms with E-state index in [1.165, 1.54) is 31.4 Å². The van der Waals surface area contributed by atoms with E-state index in [-0.39, 0.29) is 11.9 Å². The molecule has 2 atom stereocenters. The van der Waals surface area contributed by atoms with Crippen LogP contribution in [0.15, 0.2) is 24.3 Å². The van der Waals surface area contributed by atoms with E-state index in [4.69, 9.17) is 0 Å². The number of rotatable bonds is 3. The van der Waals surface area contributed by atoms with Crippen LogP contribution in [0.1, 0.15) is 37.9 Å². The number of benzene rings is 1. The largest absolute Gasteiger partial charge is 0.387 e. The molecule has 1 saturated heterocycles. The van der Waals surface area contributed by atoms with Gasteiger partial charge in [-0.1, -0.05) is 18.6 Å². The average Bonchev–Trinajstić information content (AvgIpc) is 2.39. The Bertz CT molecular complexity index is 346. The van der Waals surface area contributed by atoms with Crippen molar-refractivity contribution in [1.82, 2.24) is 4.90 Å². The molecule has 0 amide bonds. The van der Waals surface area contributed by atoms with Crippen molar-refractivity contribution in [2.24, 2.45) is 0 Å². The fourth-order valence-electron chi connectivity index (χ4n) is 2.46. The van der Waals surface area contributed by atoms with E-state index in [9.17, 15) is 9.50 Å². The number of aliphatic hydroxyl groups is 1. The van der Waals surface area contributed by atoms with Crippen LogP contribution in [0.25, 0.3) is 0 Å². The lowest BCUT2D eigenvalue weighted by molar-refractivity contribution is 0.0470. The Balaban J connectivity index is 2.02. The Morgan fingerprint density at radius 1 is 1.12 bits per heavy atom. The number of aliphatic hydroxyl groups excluding tert-OH is 1. The highest BCUT2D eigenvalue weighted by Gasteiger charge is 2.24. The Hall–Kier alpha value is -0.930. The zero-order valence-corrected chi connectivity index (χ0v) is 10.3.